The fourth-order valence-corrected chi connectivity index (χ4v) is 5.15. The largest absolute Gasteiger partial charge is 0.299 e. The number of hydrazine groups is 1. The number of aromatic nitrogens is 2. The maximum Gasteiger partial charge on any atom is 0.246 e. The molecule has 0 bridgehead atoms. The molecule has 5 nitrogen and oxygen atoms in total. The molecule has 0 aliphatic carbocycles. The highest BCUT2D eigenvalue weighted by molar-refractivity contribution is 5.92. The number of anilines is 1. The van der Waals surface area contributed by atoms with Gasteiger partial charge in [0.15, 0.2) is 0 Å². The molecule has 5 rings (SSSR count). The second-order valence-electron chi connectivity index (χ2n) is 9.96. The fraction of sp³-hybridized carbons (Fsp3) is 0.226. The normalized spacial score (nSPS) is 11.9. The molecule has 38 heavy (non-hydrogen) atoms. The van der Waals surface area contributed by atoms with Crippen LogP contribution in [0, 0.1) is 25.6 Å². The topological polar surface area (TPSA) is 58.4 Å². The summed E-state index contributed by atoms with van der Waals surface area (Å²) >= 11 is 0. The number of hydrogen-bond donors (Lipinski definition) is 2. The average Bonchev–Trinajstić information content (AvgIpc) is 3.16. The molecular formula is C31H32ClFN4O. The van der Waals surface area contributed by atoms with Gasteiger partial charge in [0.25, 0.3) is 0 Å². The highest BCUT2D eigenvalue weighted by Crippen LogP contribution is 2.31. The Morgan fingerprint density at radius 1 is 0.974 bits per heavy atom. The van der Waals surface area contributed by atoms with Crippen LogP contribution in [0.5, 0.6) is 0 Å². The van der Waals surface area contributed by atoms with Crippen molar-refractivity contribution in [3.63, 3.8) is 0 Å². The number of amides is 1. The summed E-state index contributed by atoms with van der Waals surface area (Å²) in [6.07, 6.45) is 0.656. The molecule has 1 atom stereocenters. The number of aryl methyl sites for hydroxylation is 2. The van der Waals surface area contributed by atoms with E-state index in [2.05, 4.69) is 36.8 Å². The number of benzene rings is 3. The van der Waals surface area contributed by atoms with Gasteiger partial charge in [-0.3, -0.25) is 20.0 Å². The van der Waals surface area contributed by atoms with Gasteiger partial charge < -0.3 is 0 Å². The first-order chi connectivity index (χ1) is 17.8. The molecule has 3 aromatic carbocycles. The van der Waals surface area contributed by atoms with Gasteiger partial charge in [-0.05, 0) is 67.3 Å². The number of carbonyl (C=O) groups excluding carboxylic acids is 1. The Morgan fingerprint density at radius 2 is 1.68 bits per heavy atom. The zero-order valence-electron chi connectivity index (χ0n) is 22.0. The van der Waals surface area contributed by atoms with Crippen molar-refractivity contribution in [3.05, 3.63) is 113 Å². The van der Waals surface area contributed by atoms with Crippen molar-refractivity contribution in [2.45, 2.75) is 40.0 Å². The van der Waals surface area contributed by atoms with E-state index in [4.69, 9.17) is 4.98 Å². The minimum absolute atomic E-state index is 0. The van der Waals surface area contributed by atoms with Gasteiger partial charge in [0.05, 0.1) is 17.1 Å². The van der Waals surface area contributed by atoms with Gasteiger partial charge in [0, 0.05) is 28.8 Å². The van der Waals surface area contributed by atoms with Crippen LogP contribution in [-0.2, 0) is 11.2 Å². The molecule has 7 heteroatoms. The highest BCUT2D eigenvalue weighted by Gasteiger charge is 2.24. The van der Waals surface area contributed by atoms with Gasteiger partial charge in [0.1, 0.15) is 11.5 Å². The lowest BCUT2D eigenvalue weighted by atomic mass is 9.87. The SMILES string of the molecule is Cc1cc(C)n2c(n1)c(Cc1ccc(C(C(=O)NNc3ccccc3)C(C)C)cc1)c1ccc(F)cc12.Cl. The molecule has 196 valence electrons. The Morgan fingerprint density at radius 3 is 2.37 bits per heavy atom. The van der Waals surface area contributed by atoms with Crippen molar-refractivity contribution in [2.75, 3.05) is 5.43 Å². The lowest BCUT2D eigenvalue weighted by molar-refractivity contribution is -0.123. The first kappa shape index (κ1) is 27.1. The maximum absolute atomic E-state index is 14.1. The van der Waals surface area contributed by atoms with E-state index in [1.165, 1.54) is 6.07 Å². The van der Waals surface area contributed by atoms with E-state index in [0.717, 1.165) is 50.3 Å². The Hall–Kier alpha value is -3.90. The van der Waals surface area contributed by atoms with Gasteiger partial charge in [-0.25, -0.2) is 9.37 Å². The van der Waals surface area contributed by atoms with Gasteiger partial charge in [-0.15, -0.1) is 12.4 Å². The van der Waals surface area contributed by atoms with E-state index >= 15 is 0 Å². The lowest BCUT2D eigenvalue weighted by Crippen LogP contribution is -2.36. The van der Waals surface area contributed by atoms with Crippen LogP contribution in [0.2, 0.25) is 0 Å². The van der Waals surface area contributed by atoms with Crippen LogP contribution in [0.3, 0.4) is 0 Å². The maximum atomic E-state index is 14.1. The number of halogens is 2. The summed E-state index contributed by atoms with van der Waals surface area (Å²) in [5, 5.41) is 0.998. The Bertz CT molecular complexity index is 1580. The molecule has 2 heterocycles. The second-order valence-corrected chi connectivity index (χ2v) is 9.96. The molecule has 0 radical (unpaired) electrons. The Labute approximate surface area is 228 Å². The summed E-state index contributed by atoms with van der Waals surface area (Å²) in [4.78, 5) is 17.9. The summed E-state index contributed by atoms with van der Waals surface area (Å²) in [5.74, 6) is -0.514. The van der Waals surface area contributed by atoms with Crippen LogP contribution in [-0.4, -0.2) is 15.3 Å². The molecule has 0 aliphatic heterocycles. The second kappa shape index (κ2) is 11.2. The van der Waals surface area contributed by atoms with Crippen molar-refractivity contribution in [1.29, 1.82) is 0 Å². The molecule has 0 aliphatic rings. The molecule has 2 N–H and O–H groups in total. The molecule has 0 saturated heterocycles. The molecule has 1 unspecified atom stereocenters. The van der Waals surface area contributed by atoms with E-state index in [0.29, 0.717) is 6.42 Å². The minimum Gasteiger partial charge on any atom is -0.299 e. The molecule has 0 fully saturated rings. The number of rotatable bonds is 7. The van der Waals surface area contributed by atoms with Gasteiger partial charge in [0.2, 0.25) is 5.91 Å². The van der Waals surface area contributed by atoms with Crippen LogP contribution in [0.25, 0.3) is 16.6 Å². The standard InChI is InChI=1S/C31H31FN4O.ClH/c1-19(2)29(31(37)35-34-25-8-6-5-7-9-25)23-12-10-22(11-13-23)17-27-26-15-14-24(32)18-28(26)36-21(4)16-20(3)33-30(27)36;/h5-16,18-19,29,34H,17H2,1-4H3,(H,35,37);1H. The third-order valence-corrected chi connectivity index (χ3v) is 6.83. The van der Waals surface area contributed by atoms with E-state index in [1.54, 1.807) is 6.07 Å². The highest BCUT2D eigenvalue weighted by atomic mass is 35.5. The zero-order valence-corrected chi connectivity index (χ0v) is 22.8. The summed E-state index contributed by atoms with van der Waals surface area (Å²) in [6.45, 7) is 8.10. The fourth-order valence-electron chi connectivity index (χ4n) is 5.15. The minimum atomic E-state index is -0.295. The molecule has 0 spiro atoms. The van der Waals surface area contributed by atoms with Gasteiger partial charge in [-0.1, -0.05) is 56.3 Å². The summed E-state index contributed by atoms with van der Waals surface area (Å²) in [7, 11) is 0. The number of carbonyl (C=O) groups is 1. The van der Waals surface area contributed by atoms with Crippen molar-refractivity contribution in [3.8, 4) is 0 Å². The number of nitrogens with one attached hydrogen (secondary N) is 2. The summed E-state index contributed by atoms with van der Waals surface area (Å²) in [6, 6.07) is 24.7. The summed E-state index contributed by atoms with van der Waals surface area (Å²) in [5.41, 5.74) is 13.5. The molecule has 0 saturated carbocycles. The molecule has 1 amide bonds. The third-order valence-electron chi connectivity index (χ3n) is 6.83. The quantitative estimate of drug-likeness (QED) is 0.220. The van der Waals surface area contributed by atoms with Crippen molar-refractivity contribution < 1.29 is 9.18 Å². The number of nitrogens with zero attached hydrogens (tertiary/aromatic N) is 2. The monoisotopic (exact) mass is 530 g/mol. The van der Waals surface area contributed by atoms with E-state index in [1.807, 2.05) is 72.8 Å². The Balaban J connectivity index is 0.00000336. The average molecular weight is 531 g/mol. The van der Waals surface area contributed by atoms with Crippen LogP contribution >= 0.6 is 12.4 Å². The first-order valence-corrected chi connectivity index (χ1v) is 12.6. The van der Waals surface area contributed by atoms with E-state index in [9.17, 15) is 9.18 Å². The van der Waals surface area contributed by atoms with Gasteiger partial charge >= 0.3 is 0 Å². The van der Waals surface area contributed by atoms with Crippen LogP contribution in [0.15, 0.2) is 78.9 Å². The number of para-hydroxylation sites is 1. The van der Waals surface area contributed by atoms with Gasteiger partial charge in [-0.2, -0.15) is 0 Å². The van der Waals surface area contributed by atoms with E-state index in [-0.39, 0.29) is 36.0 Å². The lowest BCUT2D eigenvalue weighted by Gasteiger charge is -2.21. The third kappa shape index (κ3) is 5.36. The first-order valence-electron chi connectivity index (χ1n) is 12.6. The van der Waals surface area contributed by atoms with E-state index < -0.39 is 0 Å². The summed E-state index contributed by atoms with van der Waals surface area (Å²) < 4.78 is 16.2. The van der Waals surface area contributed by atoms with Crippen molar-refractivity contribution >= 4 is 40.6 Å². The molecule has 2 aromatic heterocycles. The number of hydrogen-bond acceptors (Lipinski definition) is 3. The Kier molecular flexibility index (Phi) is 8.02. The zero-order chi connectivity index (χ0) is 26.1. The van der Waals surface area contributed by atoms with Crippen molar-refractivity contribution in [2.24, 2.45) is 5.92 Å². The van der Waals surface area contributed by atoms with Crippen LogP contribution < -0.4 is 10.9 Å². The smallest absolute Gasteiger partial charge is 0.246 e. The van der Waals surface area contributed by atoms with Crippen molar-refractivity contribution in [1.82, 2.24) is 14.8 Å². The predicted octanol–water partition coefficient (Wildman–Crippen LogP) is 7.14. The number of fused-ring (bicyclic) bond motifs is 3. The van der Waals surface area contributed by atoms with Crippen LogP contribution in [0.1, 0.15) is 47.8 Å². The molecule has 5 aromatic rings. The molecular weight excluding hydrogens is 499 g/mol. The predicted molar refractivity (Wildman–Crippen MR) is 154 cm³/mol. The van der Waals surface area contributed by atoms with Crippen LogP contribution in [0.4, 0.5) is 10.1 Å².